The molecule has 2 aromatic heterocycles. The number of amides is 1. The fourth-order valence-corrected chi connectivity index (χ4v) is 3.76. The second-order valence-electron chi connectivity index (χ2n) is 6.32. The Bertz CT molecular complexity index is 761. The number of rotatable bonds is 2. The molecule has 0 saturated heterocycles. The molecule has 2 N–H and O–H groups in total. The van der Waals surface area contributed by atoms with Crippen molar-refractivity contribution in [2.24, 2.45) is 7.05 Å². The maximum atomic E-state index is 12.7. The van der Waals surface area contributed by atoms with Gasteiger partial charge in [-0.15, -0.1) is 0 Å². The van der Waals surface area contributed by atoms with Crippen molar-refractivity contribution in [3.63, 3.8) is 0 Å². The number of carbonyl (C=O) groups excluding carboxylic acids is 1. The molecule has 1 atom stereocenters. The van der Waals surface area contributed by atoms with E-state index < -0.39 is 0 Å². The average molecular weight is 315 g/mol. The highest BCUT2D eigenvalue weighted by molar-refractivity contribution is 5.94. The zero-order chi connectivity index (χ0) is 16.0. The van der Waals surface area contributed by atoms with Crippen LogP contribution >= 0.6 is 0 Å². The zero-order valence-corrected chi connectivity index (χ0v) is 13.5. The first kappa shape index (κ1) is 14.4. The number of H-pyrrole nitrogens is 1. The smallest absolute Gasteiger partial charge is 0.272 e. The molecule has 3 heterocycles. The van der Waals surface area contributed by atoms with Crippen molar-refractivity contribution in [1.82, 2.24) is 25.3 Å². The molecule has 7 heteroatoms. The van der Waals surface area contributed by atoms with Crippen LogP contribution in [0, 0.1) is 6.92 Å². The van der Waals surface area contributed by atoms with Crippen LogP contribution in [0.15, 0.2) is 0 Å². The Morgan fingerprint density at radius 1 is 1.43 bits per heavy atom. The Morgan fingerprint density at radius 3 is 3.17 bits per heavy atom. The molecule has 0 aromatic carbocycles. The summed E-state index contributed by atoms with van der Waals surface area (Å²) >= 11 is 0. The molecule has 23 heavy (non-hydrogen) atoms. The van der Waals surface area contributed by atoms with Crippen LogP contribution in [0.3, 0.4) is 0 Å². The summed E-state index contributed by atoms with van der Waals surface area (Å²) in [6.07, 6.45) is 3.79. The molecule has 1 amide bonds. The molecule has 0 fully saturated rings. The fraction of sp³-hybridized carbons (Fsp3) is 0.562. The number of ether oxygens (including phenoxy) is 1. The van der Waals surface area contributed by atoms with E-state index in [0.29, 0.717) is 18.9 Å². The topological polar surface area (TPSA) is 84.8 Å². The summed E-state index contributed by atoms with van der Waals surface area (Å²) in [6, 6.07) is 0.0109. The van der Waals surface area contributed by atoms with Crippen molar-refractivity contribution >= 4 is 5.91 Å². The number of hydrogen-bond donors (Lipinski definition) is 2. The number of aromatic nitrogens is 4. The van der Waals surface area contributed by atoms with Crippen molar-refractivity contribution in [3.05, 3.63) is 33.9 Å². The lowest BCUT2D eigenvalue weighted by atomic mass is 9.91. The van der Waals surface area contributed by atoms with Gasteiger partial charge in [-0.1, -0.05) is 0 Å². The van der Waals surface area contributed by atoms with Crippen LogP contribution < -0.4 is 5.32 Å². The van der Waals surface area contributed by atoms with Crippen LogP contribution in [-0.4, -0.2) is 32.5 Å². The van der Waals surface area contributed by atoms with E-state index in [9.17, 15) is 4.79 Å². The van der Waals surface area contributed by atoms with Gasteiger partial charge in [0.05, 0.1) is 24.9 Å². The van der Waals surface area contributed by atoms with Crippen LogP contribution in [0.1, 0.15) is 57.6 Å². The molecule has 2 aromatic rings. The van der Waals surface area contributed by atoms with E-state index in [-0.39, 0.29) is 11.9 Å². The second-order valence-corrected chi connectivity index (χ2v) is 6.32. The first-order valence-corrected chi connectivity index (χ1v) is 8.12. The van der Waals surface area contributed by atoms with E-state index in [1.165, 1.54) is 11.3 Å². The number of fused-ring (bicyclic) bond motifs is 2. The van der Waals surface area contributed by atoms with Crippen molar-refractivity contribution < 1.29 is 9.53 Å². The fourth-order valence-electron chi connectivity index (χ4n) is 3.76. The van der Waals surface area contributed by atoms with Crippen LogP contribution in [0.4, 0.5) is 0 Å². The van der Waals surface area contributed by atoms with E-state index >= 15 is 0 Å². The van der Waals surface area contributed by atoms with E-state index in [4.69, 9.17) is 4.74 Å². The van der Waals surface area contributed by atoms with Gasteiger partial charge in [-0.25, -0.2) is 0 Å². The highest BCUT2D eigenvalue weighted by atomic mass is 16.5. The van der Waals surface area contributed by atoms with E-state index in [1.54, 1.807) is 0 Å². The Kier molecular flexibility index (Phi) is 3.45. The molecule has 1 aliphatic heterocycles. The summed E-state index contributed by atoms with van der Waals surface area (Å²) in [6.45, 7) is 3.14. The molecular weight excluding hydrogens is 294 g/mol. The van der Waals surface area contributed by atoms with E-state index in [2.05, 4.69) is 20.6 Å². The van der Waals surface area contributed by atoms with Gasteiger partial charge in [-0.05, 0) is 26.2 Å². The molecule has 1 unspecified atom stereocenters. The monoisotopic (exact) mass is 315 g/mol. The number of hydrogen-bond acceptors (Lipinski definition) is 4. The van der Waals surface area contributed by atoms with Gasteiger partial charge in [0.15, 0.2) is 5.69 Å². The maximum Gasteiger partial charge on any atom is 0.272 e. The third-order valence-electron chi connectivity index (χ3n) is 4.86. The first-order chi connectivity index (χ1) is 11.1. The minimum Gasteiger partial charge on any atom is -0.376 e. The predicted octanol–water partition coefficient (Wildman–Crippen LogP) is 1.33. The third-order valence-corrected chi connectivity index (χ3v) is 4.86. The molecule has 0 radical (unpaired) electrons. The van der Waals surface area contributed by atoms with Crippen LogP contribution in [-0.2, 0) is 31.2 Å². The Hall–Kier alpha value is -2.15. The van der Waals surface area contributed by atoms with Gasteiger partial charge in [-0.2, -0.15) is 10.2 Å². The lowest BCUT2D eigenvalue weighted by molar-refractivity contribution is 0.0906. The number of carbonyl (C=O) groups is 1. The number of aromatic amines is 1. The summed E-state index contributed by atoms with van der Waals surface area (Å²) in [5.74, 6) is -0.130. The molecule has 0 spiro atoms. The quantitative estimate of drug-likeness (QED) is 0.875. The largest absolute Gasteiger partial charge is 0.376 e. The summed E-state index contributed by atoms with van der Waals surface area (Å²) in [5, 5.41) is 14.8. The van der Waals surface area contributed by atoms with Crippen molar-refractivity contribution in [1.29, 1.82) is 0 Å². The SMILES string of the molecule is Cc1nn(C)c2c1C(NC(=O)c1n[nH]c3c1COCC3)CCC2. The number of nitrogens with one attached hydrogen (secondary N) is 2. The summed E-state index contributed by atoms with van der Waals surface area (Å²) in [5.41, 5.74) is 5.78. The molecule has 0 bridgehead atoms. The molecule has 4 rings (SSSR count). The molecule has 1 aliphatic carbocycles. The van der Waals surface area contributed by atoms with E-state index in [1.807, 2.05) is 18.7 Å². The van der Waals surface area contributed by atoms with Crippen LogP contribution in [0.25, 0.3) is 0 Å². The summed E-state index contributed by atoms with van der Waals surface area (Å²) in [4.78, 5) is 12.7. The first-order valence-electron chi connectivity index (χ1n) is 8.12. The lowest BCUT2D eigenvalue weighted by Crippen LogP contribution is -2.32. The molecule has 0 saturated carbocycles. The Morgan fingerprint density at radius 2 is 2.30 bits per heavy atom. The van der Waals surface area contributed by atoms with Gasteiger partial charge in [0.2, 0.25) is 0 Å². The third kappa shape index (κ3) is 2.35. The minimum absolute atomic E-state index is 0.0109. The van der Waals surface area contributed by atoms with Gasteiger partial charge in [0.1, 0.15) is 0 Å². The number of nitrogens with zero attached hydrogens (tertiary/aromatic N) is 3. The van der Waals surface area contributed by atoms with Crippen LogP contribution in [0.5, 0.6) is 0 Å². The molecule has 7 nitrogen and oxygen atoms in total. The van der Waals surface area contributed by atoms with Crippen molar-refractivity contribution in [2.45, 2.75) is 45.3 Å². The van der Waals surface area contributed by atoms with E-state index in [0.717, 1.165) is 42.6 Å². The highest BCUT2D eigenvalue weighted by Gasteiger charge is 2.29. The lowest BCUT2D eigenvalue weighted by Gasteiger charge is -2.24. The number of aryl methyl sites for hydroxylation is 2. The molecular formula is C16H21N5O2. The van der Waals surface area contributed by atoms with Gasteiger partial charge in [0, 0.05) is 36.0 Å². The predicted molar refractivity (Wildman–Crippen MR) is 83.0 cm³/mol. The van der Waals surface area contributed by atoms with Crippen molar-refractivity contribution in [3.8, 4) is 0 Å². The van der Waals surface area contributed by atoms with Gasteiger partial charge in [-0.3, -0.25) is 14.6 Å². The van der Waals surface area contributed by atoms with Gasteiger partial charge < -0.3 is 10.1 Å². The minimum atomic E-state index is -0.130. The average Bonchev–Trinajstić information content (AvgIpc) is 3.10. The molecule has 122 valence electrons. The normalized spacial score (nSPS) is 20.0. The zero-order valence-electron chi connectivity index (χ0n) is 13.5. The summed E-state index contributed by atoms with van der Waals surface area (Å²) in [7, 11) is 1.97. The Balaban J connectivity index is 1.60. The molecule has 2 aliphatic rings. The van der Waals surface area contributed by atoms with Crippen LogP contribution in [0.2, 0.25) is 0 Å². The summed E-state index contributed by atoms with van der Waals surface area (Å²) < 4.78 is 7.40. The Labute approximate surface area is 134 Å². The second kappa shape index (κ2) is 5.49. The standard InChI is InChI=1S/C16H21N5O2/c1-9-14-12(4-3-5-13(14)21(2)20-9)17-16(22)15-10-8-23-7-6-11(10)18-19-15/h12H,3-8H2,1-2H3,(H,17,22)(H,18,19). The van der Waals surface area contributed by atoms with Gasteiger partial charge >= 0.3 is 0 Å². The maximum absolute atomic E-state index is 12.7. The van der Waals surface area contributed by atoms with Gasteiger partial charge in [0.25, 0.3) is 5.91 Å². The van der Waals surface area contributed by atoms with Crippen molar-refractivity contribution in [2.75, 3.05) is 6.61 Å². The highest BCUT2D eigenvalue weighted by Crippen LogP contribution is 2.32.